The summed E-state index contributed by atoms with van der Waals surface area (Å²) in [4.78, 5) is 10.4. The molecule has 4 nitrogen and oxygen atoms in total. The van der Waals surface area contributed by atoms with Crippen LogP contribution in [0.4, 0.5) is 0 Å². The lowest BCUT2D eigenvalue weighted by atomic mass is 10.6. The van der Waals surface area contributed by atoms with Gasteiger partial charge in [0.15, 0.2) is 0 Å². The number of imidazole rings is 2. The Bertz CT molecular complexity index is 250. The lowest BCUT2D eigenvalue weighted by Gasteiger charge is -1.76. The number of nitrogens with zero attached hydrogens (tertiary/aromatic N) is 3. The van der Waals surface area contributed by atoms with E-state index in [4.69, 9.17) is 0 Å². The van der Waals surface area contributed by atoms with Crippen LogP contribution in [0.5, 0.6) is 0 Å². The number of hydrogen-bond acceptors (Lipinski definition) is 2. The van der Waals surface area contributed by atoms with Gasteiger partial charge in [0.1, 0.15) is 0 Å². The quantitative estimate of drug-likeness (QED) is 0.634. The SMILES string of the molecule is Cc1cnc[nH]1.Cn1ccnc1. The Kier molecular flexibility index (Phi) is 3.07. The highest BCUT2D eigenvalue weighted by Crippen LogP contribution is 1.81. The average molecular weight is 164 g/mol. The number of hydrogen-bond donors (Lipinski definition) is 1. The Balaban J connectivity index is 0.000000120. The fraction of sp³-hybridized carbons (Fsp3) is 0.250. The predicted molar refractivity (Wildman–Crippen MR) is 46.5 cm³/mol. The van der Waals surface area contributed by atoms with Gasteiger partial charge in [0.25, 0.3) is 0 Å². The number of aromatic nitrogens is 4. The number of aryl methyl sites for hydroxylation is 2. The van der Waals surface area contributed by atoms with Gasteiger partial charge in [-0.15, -0.1) is 0 Å². The lowest BCUT2D eigenvalue weighted by molar-refractivity contribution is 0.913. The topological polar surface area (TPSA) is 46.5 Å². The van der Waals surface area contributed by atoms with E-state index >= 15 is 0 Å². The molecule has 0 aliphatic carbocycles. The van der Waals surface area contributed by atoms with E-state index in [0.717, 1.165) is 5.69 Å². The van der Waals surface area contributed by atoms with Crippen LogP contribution in [-0.2, 0) is 7.05 Å². The van der Waals surface area contributed by atoms with Crippen LogP contribution in [0.3, 0.4) is 0 Å². The Hall–Kier alpha value is -1.58. The average Bonchev–Trinajstić information content (AvgIpc) is 2.63. The molecule has 2 heterocycles. The maximum absolute atomic E-state index is 3.78. The molecule has 0 aliphatic heterocycles. The molecule has 0 atom stereocenters. The highest BCUT2D eigenvalue weighted by Gasteiger charge is 1.73. The molecule has 0 saturated carbocycles. The van der Waals surface area contributed by atoms with Gasteiger partial charge >= 0.3 is 0 Å². The molecule has 0 aliphatic rings. The normalized spacial score (nSPS) is 8.83. The monoisotopic (exact) mass is 164 g/mol. The first-order valence-corrected chi connectivity index (χ1v) is 3.66. The van der Waals surface area contributed by atoms with Crippen molar-refractivity contribution in [2.45, 2.75) is 6.92 Å². The highest BCUT2D eigenvalue weighted by atomic mass is 15.0. The molecule has 0 fully saturated rings. The largest absolute Gasteiger partial charge is 0.349 e. The van der Waals surface area contributed by atoms with E-state index in [1.54, 1.807) is 25.0 Å². The first kappa shape index (κ1) is 8.52. The summed E-state index contributed by atoms with van der Waals surface area (Å²) >= 11 is 0. The van der Waals surface area contributed by atoms with Gasteiger partial charge in [-0.05, 0) is 6.92 Å². The van der Waals surface area contributed by atoms with Crippen molar-refractivity contribution in [1.29, 1.82) is 0 Å². The summed E-state index contributed by atoms with van der Waals surface area (Å²) in [5, 5.41) is 0. The zero-order valence-corrected chi connectivity index (χ0v) is 7.23. The van der Waals surface area contributed by atoms with Gasteiger partial charge < -0.3 is 9.55 Å². The van der Waals surface area contributed by atoms with Crippen molar-refractivity contribution in [2.75, 3.05) is 0 Å². The minimum atomic E-state index is 1.11. The predicted octanol–water partition coefficient (Wildman–Crippen LogP) is 1.14. The molecular weight excluding hydrogens is 152 g/mol. The summed E-state index contributed by atoms with van der Waals surface area (Å²) in [5.74, 6) is 0. The molecule has 0 aromatic carbocycles. The number of H-pyrrole nitrogens is 1. The van der Waals surface area contributed by atoms with E-state index in [-0.39, 0.29) is 0 Å². The standard InChI is InChI=1S/2C4H6N2/c1-4-2-5-3-6-4;1-6-3-2-5-4-6/h2-3H,1H3,(H,5,6);2-4H,1H3. The Morgan fingerprint density at radius 3 is 2.42 bits per heavy atom. The summed E-state index contributed by atoms with van der Waals surface area (Å²) in [7, 11) is 1.94. The van der Waals surface area contributed by atoms with Crippen LogP contribution in [0.25, 0.3) is 0 Å². The van der Waals surface area contributed by atoms with Crippen LogP contribution in [0.1, 0.15) is 5.69 Å². The first-order chi connectivity index (χ1) is 5.79. The molecule has 0 amide bonds. The second kappa shape index (κ2) is 4.33. The Morgan fingerprint density at radius 1 is 1.42 bits per heavy atom. The zero-order chi connectivity index (χ0) is 8.81. The van der Waals surface area contributed by atoms with Gasteiger partial charge in [0.2, 0.25) is 0 Å². The van der Waals surface area contributed by atoms with Gasteiger partial charge in [0.05, 0.1) is 12.7 Å². The molecular formula is C8H12N4. The molecule has 4 heteroatoms. The Labute approximate surface area is 71.3 Å². The van der Waals surface area contributed by atoms with Crippen molar-refractivity contribution in [1.82, 2.24) is 19.5 Å². The molecule has 64 valence electrons. The van der Waals surface area contributed by atoms with Crippen LogP contribution < -0.4 is 0 Å². The Morgan fingerprint density at radius 2 is 2.25 bits per heavy atom. The van der Waals surface area contributed by atoms with Crippen LogP contribution in [0.15, 0.2) is 31.2 Å². The van der Waals surface area contributed by atoms with Crippen molar-refractivity contribution in [3.8, 4) is 0 Å². The third-order valence-electron chi connectivity index (χ3n) is 1.27. The van der Waals surface area contributed by atoms with E-state index in [1.807, 2.05) is 24.7 Å². The maximum atomic E-state index is 3.78. The molecule has 0 bridgehead atoms. The maximum Gasteiger partial charge on any atom is 0.0943 e. The van der Waals surface area contributed by atoms with Crippen molar-refractivity contribution >= 4 is 0 Å². The summed E-state index contributed by atoms with van der Waals surface area (Å²) in [5.41, 5.74) is 1.11. The summed E-state index contributed by atoms with van der Waals surface area (Å²) in [6.07, 6.45) is 8.83. The fourth-order valence-corrected chi connectivity index (χ4v) is 0.651. The van der Waals surface area contributed by atoms with E-state index in [0.29, 0.717) is 0 Å². The summed E-state index contributed by atoms with van der Waals surface area (Å²) in [6.45, 7) is 1.97. The highest BCUT2D eigenvalue weighted by molar-refractivity contribution is 4.87. The molecule has 2 aromatic heterocycles. The molecule has 0 saturated heterocycles. The van der Waals surface area contributed by atoms with Gasteiger partial charge in [-0.2, -0.15) is 0 Å². The molecule has 0 unspecified atom stereocenters. The van der Waals surface area contributed by atoms with Crippen molar-refractivity contribution in [3.63, 3.8) is 0 Å². The van der Waals surface area contributed by atoms with Crippen LogP contribution in [0, 0.1) is 6.92 Å². The zero-order valence-electron chi connectivity index (χ0n) is 7.23. The number of rotatable bonds is 0. The number of nitrogens with one attached hydrogen (secondary N) is 1. The fourth-order valence-electron chi connectivity index (χ4n) is 0.651. The van der Waals surface area contributed by atoms with E-state index in [2.05, 4.69) is 15.0 Å². The first-order valence-electron chi connectivity index (χ1n) is 3.66. The van der Waals surface area contributed by atoms with Crippen molar-refractivity contribution in [2.24, 2.45) is 7.05 Å². The number of aromatic amines is 1. The van der Waals surface area contributed by atoms with E-state index in [1.165, 1.54) is 0 Å². The van der Waals surface area contributed by atoms with Crippen molar-refractivity contribution < 1.29 is 0 Å². The molecule has 2 rings (SSSR count). The smallest absolute Gasteiger partial charge is 0.0943 e. The minimum absolute atomic E-state index is 1.11. The van der Waals surface area contributed by atoms with Gasteiger partial charge in [-0.25, -0.2) is 9.97 Å². The minimum Gasteiger partial charge on any atom is -0.349 e. The summed E-state index contributed by atoms with van der Waals surface area (Å²) in [6, 6.07) is 0. The van der Waals surface area contributed by atoms with E-state index in [9.17, 15) is 0 Å². The molecule has 12 heavy (non-hydrogen) atoms. The van der Waals surface area contributed by atoms with Gasteiger partial charge in [-0.3, -0.25) is 0 Å². The van der Waals surface area contributed by atoms with Crippen molar-refractivity contribution in [3.05, 3.63) is 36.9 Å². The lowest BCUT2D eigenvalue weighted by Crippen LogP contribution is -1.76. The van der Waals surface area contributed by atoms with Crippen LogP contribution in [0.2, 0.25) is 0 Å². The molecule has 2 aromatic rings. The third kappa shape index (κ3) is 3.01. The van der Waals surface area contributed by atoms with Gasteiger partial charge in [-0.1, -0.05) is 0 Å². The van der Waals surface area contributed by atoms with Crippen LogP contribution in [-0.4, -0.2) is 19.5 Å². The van der Waals surface area contributed by atoms with E-state index < -0.39 is 0 Å². The summed E-state index contributed by atoms with van der Waals surface area (Å²) < 4.78 is 1.89. The van der Waals surface area contributed by atoms with Gasteiger partial charge in [0, 0.05) is 31.3 Å². The third-order valence-corrected chi connectivity index (χ3v) is 1.27. The second-order valence-electron chi connectivity index (χ2n) is 2.46. The molecule has 1 N–H and O–H groups in total. The molecule has 0 spiro atoms. The van der Waals surface area contributed by atoms with Crippen LogP contribution >= 0.6 is 0 Å². The second-order valence-corrected chi connectivity index (χ2v) is 2.46. The molecule has 0 radical (unpaired) electrons.